The van der Waals surface area contributed by atoms with E-state index in [1.54, 1.807) is 0 Å². The van der Waals surface area contributed by atoms with Crippen molar-refractivity contribution in [3.05, 3.63) is 0 Å². The highest BCUT2D eigenvalue weighted by atomic mass is 16.2. The van der Waals surface area contributed by atoms with Crippen LogP contribution in [-0.4, -0.2) is 42.4 Å². The molecule has 0 aromatic carbocycles. The number of amides is 2. The van der Waals surface area contributed by atoms with Crippen molar-refractivity contribution in [2.45, 2.75) is 52.0 Å². The zero-order chi connectivity index (χ0) is 14.3. The second kappa shape index (κ2) is 8.15. The molecule has 1 rings (SSSR count). The van der Waals surface area contributed by atoms with E-state index in [9.17, 15) is 9.59 Å². The average Bonchev–Trinajstić information content (AvgIpc) is 2.44. The maximum absolute atomic E-state index is 12.1. The van der Waals surface area contributed by atoms with Crippen LogP contribution in [0, 0.1) is 5.92 Å². The predicted octanol–water partition coefficient (Wildman–Crippen LogP) is 0.879. The quantitative estimate of drug-likeness (QED) is 0.751. The summed E-state index contributed by atoms with van der Waals surface area (Å²) in [6, 6.07) is -0.374. The number of likely N-dealkylation sites (tertiary alicyclic amines) is 1. The lowest BCUT2D eigenvalue weighted by molar-refractivity contribution is -0.136. The Balaban J connectivity index is 2.36. The minimum atomic E-state index is -0.374. The van der Waals surface area contributed by atoms with Crippen LogP contribution in [0.4, 0.5) is 0 Å². The van der Waals surface area contributed by atoms with Crippen molar-refractivity contribution >= 4 is 11.8 Å². The standard InChI is InChI=1S/C14H27N3O2/c1-3-5-6-12(15)14(19)17-9-7-11(8-10-17)13(18)16-4-2/h11-12H,3-10,15H2,1-2H3,(H,16,18). The fourth-order valence-corrected chi connectivity index (χ4v) is 2.46. The Morgan fingerprint density at radius 1 is 1.32 bits per heavy atom. The van der Waals surface area contributed by atoms with Gasteiger partial charge < -0.3 is 16.0 Å². The number of nitrogens with two attached hydrogens (primary N) is 1. The molecule has 0 aliphatic carbocycles. The minimum Gasteiger partial charge on any atom is -0.356 e. The van der Waals surface area contributed by atoms with Gasteiger partial charge in [-0.05, 0) is 26.2 Å². The summed E-state index contributed by atoms with van der Waals surface area (Å²) in [5, 5.41) is 2.84. The van der Waals surface area contributed by atoms with Crippen molar-refractivity contribution in [1.82, 2.24) is 10.2 Å². The van der Waals surface area contributed by atoms with E-state index in [0.29, 0.717) is 19.6 Å². The summed E-state index contributed by atoms with van der Waals surface area (Å²) in [7, 11) is 0. The third kappa shape index (κ3) is 4.82. The van der Waals surface area contributed by atoms with Crippen LogP contribution >= 0.6 is 0 Å². The molecule has 1 aliphatic heterocycles. The van der Waals surface area contributed by atoms with E-state index in [1.807, 2.05) is 11.8 Å². The highest BCUT2D eigenvalue weighted by molar-refractivity contribution is 5.82. The van der Waals surface area contributed by atoms with E-state index in [0.717, 1.165) is 32.1 Å². The van der Waals surface area contributed by atoms with Crippen LogP contribution in [0.25, 0.3) is 0 Å². The Labute approximate surface area is 115 Å². The van der Waals surface area contributed by atoms with Gasteiger partial charge in [0.1, 0.15) is 0 Å². The van der Waals surface area contributed by atoms with Crippen LogP contribution < -0.4 is 11.1 Å². The van der Waals surface area contributed by atoms with Crippen LogP contribution in [0.1, 0.15) is 46.0 Å². The molecule has 2 amide bonds. The second-order valence-corrected chi connectivity index (χ2v) is 5.24. The van der Waals surface area contributed by atoms with Crippen molar-refractivity contribution < 1.29 is 9.59 Å². The highest BCUT2D eigenvalue weighted by Gasteiger charge is 2.28. The molecule has 110 valence electrons. The summed E-state index contributed by atoms with van der Waals surface area (Å²) in [5.41, 5.74) is 5.91. The lowest BCUT2D eigenvalue weighted by Gasteiger charge is -2.32. The third-order valence-corrected chi connectivity index (χ3v) is 3.71. The number of rotatable bonds is 6. The number of carbonyl (C=O) groups excluding carboxylic acids is 2. The van der Waals surface area contributed by atoms with E-state index < -0.39 is 0 Å². The fraction of sp³-hybridized carbons (Fsp3) is 0.857. The van der Waals surface area contributed by atoms with Gasteiger partial charge in [0.2, 0.25) is 11.8 Å². The zero-order valence-electron chi connectivity index (χ0n) is 12.2. The molecule has 1 unspecified atom stereocenters. The molecule has 1 atom stereocenters. The SMILES string of the molecule is CCCCC(N)C(=O)N1CCC(C(=O)NCC)CC1. The first kappa shape index (κ1) is 16.0. The van der Waals surface area contributed by atoms with Gasteiger partial charge in [-0.2, -0.15) is 0 Å². The first-order chi connectivity index (χ1) is 9.10. The van der Waals surface area contributed by atoms with Gasteiger partial charge in [-0.1, -0.05) is 19.8 Å². The Morgan fingerprint density at radius 3 is 2.47 bits per heavy atom. The van der Waals surface area contributed by atoms with Gasteiger partial charge in [-0.25, -0.2) is 0 Å². The first-order valence-corrected chi connectivity index (χ1v) is 7.42. The van der Waals surface area contributed by atoms with E-state index in [4.69, 9.17) is 5.73 Å². The molecule has 1 heterocycles. The summed E-state index contributed by atoms with van der Waals surface area (Å²) in [5.74, 6) is 0.212. The molecular weight excluding hydrogens is 242 g/mol. The van der Waals surface area contributed by atoms with Gasteiger partial charge in [0.25, 0.3) is 0 Å². The highest BCUT2D eigenvalue weighted by Crippen LogP contribution is 2.18. The molecule has 1 aliphatic rings. The molecule has 5 heteroatoms. The normalized spacial score (nSPS) is 18.2. The van der Waals surface area contributed by atoms with Crippen LogP contribution in [-0.2, 0) is 9.59 Å². The molecule has 0 aromatic heterocycles. The number of unbranched alkanes of at least 4 members (excludes halogenated alkanes) is 1. The molecule has 0 aromatic rings. The summed E-state index contributed by atoms with van der Waals surface area (Å²) in [6.45, 7) is 5.99. The molecule has 3 N–H and O–H groups in total. The van der Waals surface area contributed by atoms with Gasteiger partial charge in [0.15, 0.2) is 0 Å². The number of hydrogen-bond donors (Lipinski definition) is 2. The molecular formula is C14H27N3O2. The second-order valence-electron chi connectivity index (χ2n) is 5.24. The maximum atomic E-state index is 12.1. The Kier molecular flexibility index (Phi) is 6.84. The third-order valence-electron chi connectivity index (χ3n) is 3.71. The number of piperidine rings is 1. The topological polar surface area (TPSA) is 75.4 Å². The van der Waals surface area contributed by atoms with Gasteiger partial charge in [0.05, 0.1) is 6.04 Å². The monoisotopic (exact) mass is 269 g/mol. The van der Waals surface area contributed by atoms with Gasteiger partial charge in [0, 0.05) is 25.6 Å². The maximum Gasteiger partial charge on any atom is 0.239 e. The van der Waals surface area contributed by atoms with Crippen LogP contribution in [0.15, 0.2) is 0 Å². The van der Waals surface area contributed by atoms with E-state index in [-0.39, 0.29) is 23.8 Å². The number of hydrogen-bond acceptors (Lipinski definition) is 3. The number of carbonyl (C=O) groups is 2. The Morgan fingerprint density at radius 2 is 1.95 bits per heavy atom. The summed E-state index contributed by atoms with van der Waals surface area (Å²) >= 11 is 0. The molecule has 19 heavy (non-hydrogen) atoms. The van der Waals surface area contributed by atoms with Crippen LogP contribution in [0.2, 0.25) is 0 Å². The molecule has 1 saturated heterocycles. The van der Waals surface area contributed by atoms with Crippen molar-refractivity contribution in [1.29, 1.82) is 0 Å². The summed E-state index contributed by atoms with van der Waals surface area (Å²) in [6.07, 6.45) is 4.30. The van der Waals surface area contributed by atoms with Crippen molar-refractivity contribution in [2.24, 2.45) is 11.7 Å². The smallest absolute Gasteiger partial charge is 0.239 e. The molecule has 5 nitrogen and oxygen atoms in total. The van der Waals surface area contributed by atoms with E-state index in [1.165, 1.54) is 0 Å². The van der Waals surface area contributed by atoms with Crippen molar-refractivity contribution in [3.63, 3.8) is 0 Å². The molecule has 0 radical (unpaired) electrons. The zero-order valence-corrected chi connectivity index (χ0v) is 12.2. The lowest BCUT2D eigenvalue weighted by Crippen LogP contribution is -2.48. The van der Waals surface area contributed by atoms with Crippen LogP contribution in [0.5, 0.6) is 0 Å². The van der Waals surface area contributed by atoms with E-state index >= 15 is 0 Å². The molecule has 0 saturated carbocycles. The average molecular weight is 269 g/mol. The van der Waals surface area contributed by atoms with Gasteiger partial charge >= 0.3 is 0 Å². The molecule has 0 bridgehead atoms. The van der Waals surface area contributed by atoms with Gasteiger partial charge in [-0.15, -0.1) is 0 Å². The Bertz CT molecular complexity index is 299. The fourth-order valence-electron chi connectivity index (χ4n) is 2.46. The summed E-state index contributed by atoms with van der Waals surface area (Å²) in [4.78, 5) is 25.6. The minimum absolute atomic E-state index is 0.0443. The summed E-state index contributed by atoms with van der Waals surface area (Å²) < 4.78 is 0. The Hall–Kier alpha value is -1.10. The van der Waals surface area contributed by atoms with Crippen molar-refractivity contribution in [2.75, 3.05) is 19.6 Å². The molecule has 0 spiro atoms. The number of nitrogens with one attached hydrogen (secondary N) is 1. The molecule has 1 fully saturated rings. The van der Waals surface area contributed by atoms with Crippen LogP contribution in [0.3, 0.4) is 0 Å². The lowest BCUT2D eigenvalue weighted by atomic mass is 9.95. The first-order valence-electron chi connectivity index (χ1n) is 7.42. The number of nitrogens with zero attached hydrogens (tertiary/aromatic N) is 1. The van der Waals surface area contributed by atoms with Crippen molar-refractivity contribution in [3.8, 4) is 0 Å². The largest absolute Gasteiger partial charge is 0.356 e. The van der Waals surface area contributed by atoms with E-state index in [2.05, 4.69) is 12.2 Å². The van der Waals surface area contributed by atoms with Gasteiger partial charge in [-0.3, -0.25) is 9.59 Å². The predicted molar refractivity (Wildman–Crippen MR) is 75.5 cm³/mol.